The number of thiophene rings is 1. The molecule has 1 unspecified atom stereocenters. The van der Waals surface area contributed by atoms with E-state index in [4.69, 9.17) is 5.73 Å². The van der Waals surface area contributed by atoms with E-state index in [1.807, 2.05) is 0 Å². The van der Waals surface area contributed by atoms with Crippen molar-refractivity contribution in [2.75, 3.05) is 26.2 Å². The summed E-state index contributed by atoms with van der Waals surface area (Å²) in [7, 11) is 0. The van der Waals surface area contributed by atoms with Crippen LogP contribution in [-0.2, 0) is 0 Å². The summed E-state index contributed by atoms with van der Waals surface area (Å²) in [6.07, 6.45) is 0.0633. The zero-order chi connectivity index (χ0) is 9.97. The number of nitrogens with one attached hydrogen (secondary N) is 1. The van der Waals surface area contributed by atoms with Crippen molar-refractivity contribution in [3.05, 3.63) is 20.8 Å². The van der Waals surface area contributed by atoms with Crippen molar-refractivity contribution in [2.45, 2.75) is 6.17 Å². The molecule has 0 spiro atoms. The summed E-state index contributed by atoms with van der Waals surface area (Å²) >= 11 is 5.17. The van der Waals surface area contributed by atoms with Gasteiger partial charge in [0.25, 0.3) is 0 Å². The van der Waals surface area contributed by atoms with Crippen molar-refractivity contribution >= 4 is 27.3 Å². The van der Waals surface area contributed by atoms with Crippen molar-refractivity contribution in [3.63, 3.8) is 0 Å². The molecule has 5 heteroatoms. The first kappa shape index (κ1) is 10.6. The van der Waals surface area contributed by atoms with Gasteiger partial charge < -0.3 is 11.1 Å². The highest BCUT2D eigenvalue weighted by atomic mass is 79.9. The number of halogens is 1. The maximum atomic E-state index is 6.17. The fraction of sp³-hybridized carbons (Fsp3) is 0.556. The molecule has 1 saturated heterocycles. The third-order valence-electron chi connectivity index (χ3n) is 2.42. The zero-order valence-electron chi connectivity index (χ0n) is 7.87. The lowest BCUT2D eigenvalue weighted by Crippen LogP contribution is -2.47. The second-order valence-electron chi connectivity index (χ2n) is 3.40. The number of rotatable bonds is 2. The Hall–Kier alpha value is 0.0600. The molecule has 3 nitrogen and oxygen atoms in total. The molecule has 2 heterocycles. The van der Waals surface area contributed by atoms with Crippen molar-refractivity contribution < 1.29 is 0 Å². The molecule has 1 aromatic heterocycles. The van der Waals surface area contributed by atoms with E-state index in [0.29, 0.717) is 0 Å². The Balaban J connectivity index is 2.03. The molecule has 1 aliphatic rings. The summed E-state index contributed by atoms with van der Waals surface area (Å²) in [5, 5.41) is 5.40. The number of hydrogen-bond acceptors (Lipinski definition) is 4. The second kappa shape index (κ2) is 4.72. The van der Waals surface area contributed by atoms with Crippen molar-refractivity contribution in [3.8, 4) is 0 Å². The minimum atomic E-state index is 0.0633. The highest BCUT2D eigenvalue weighted by molar-refractivity contribution is 9.10. The summed E-state index contributed by atoms with van der Waals surface area (Å²) in [6, 6.07) is 2.11. The first-order valence-corrected chi connectivity index (χ1v) is 6.39. The average Bonchev–Trinajstić information content (AvgIpc) is 2.65. The summed E-state index contributed by atoms with van der Waals surface area (Å²) in [6.45, 7) is 4.16. The molecular weight excluding hydrogens is 262 g/mol. The highest BCUT2D eigenvalue weighted by Gasteiger charge is 2.19. The molecule has 14 heavy (non-hydrogen) atoms. The van der Waals surface area contributed by atoms with Crippen LogP contribution in [0.2, 0.25) is 0 Å². The van der Waals surface area contributed by atoms with Crippen LogP contribution in [0, 0.1) is 0 Å². The SMILES string of the molecule is NC(c1cc(Br)cs1)N1CCNCC1. The predicted octanol–water partition coefficient (Wildman–Crippen LogP) is 1.37. The molecule has 3 N–H and O–H groups in total. The largest absolute Gasteiger partial charge is 0.314 e. The normalized spacial score (nSPS) is 21.0. The van der Waals surface area contributed by atoms with Gasteiger partial charge in [-0.15, -0.1) is 11.3 Å². The first-order valence-electron chi connectivity index (χ1n) is 4.71. The van der Waals surface area contributed by atoms with Crippen LogP contribution in [0.15, 0.2) is 15.9 Å². The van der Waals surface area contributed by atoms with Crippen molar-refractivity contribution in [2.24, 2.45) is 5.73 Å². The molecule has 0 aliphatic carbocycles. The third-order valence-corrected chi connectivity index (χ3v) is 4.19. The molecule has 0 bridgehead atoms. The van der Waals surface area contributed by atoms with E-state index < -0.39 is 0 Å². The molecule has 1 fully saturated rings. The van der Waals surface area contributed by atoms with Crippen LogP contribution in [0.25, 0.3) is 0 Å². The van der Waals surface area contributed by atoms with E-state index in [1.165, 1.54) is 4.88 Å². The quantitative estimate of drug-likeness (QED) is 0.857. The van der Waals surface area contributed by atoms with Gasteiger partial charge in [0.2, 0.25) is 0 Å². The van der Waals surface area contributed by atoms with Gasteiger partial charge in [-0.05, 0) is 22.0 Å². The Bertz CT molecular complexity index is 296. The maximum absolute atomic E-state index is 6.17. The van der Waals surface area contributed by atoms with Crippen LogP contribution in [0.3, 0.4) is 0 Å². The Labute approximate surface area is 96.4 Å². The van der Waals surface area contributed by atoms with Crippen LogP contribution in [0.5, 0.6) is 0 Å². The van der Waals surface area contributed by atoms with Crippen LogP contribution in [0.4, 0.5) is 0 Å². The summed E-state index contributed by atoms with van der Waals surface area (Å²) in [4.78, 5) is 3.55. The van der Waals surface area contributed by atoms with E-state index in [-0.39, 0.29) is 6.17 Å². The summed E-state index contributed by atoms with van der Waals surface area (Å²) in [5.41, 5.74) is 6.17. The molecule has 1 aliphatic heterocycles. The van der Waals surface area contributed by atoms with Crippen molar-refractivity contribution in [1.29, 1.82) is 0 Å². The molecule has 1 atom stereocenters. The lowest BCUT2D eigenvalue weighted by atomic mass is 10.3. The van der Waals surface area contributed by atoms with Gasteiger partial charge in [0.15, 0.2) is 0 Å². The summed E-state index contributed by atoms with van der Waals surface area (Å²) in [5.74, 6) is 0. The van der Waals surface area contributed by atoms with E-state index in [0.717, 1.165) is 30.7 Å². The molecule has 0 aromatic carbocycles. The van der Waals surface area contributed by atoms with E-state index in [1.54, 1.807) is 11.3 Å². The standard InChI is InChI=1S/C9H14BrN3S/c10-7-5-8(14-6-7)9(11)13-3-1-12-2-4-13/h5-6,9,12H,1-4,11H2. The Kier molecular flexibility index (Phi) is 3.57. The smallest absolute Gasteiger partial charge is 0.0931 e. The molecule has 0 saturated carbocycles. The number of nitrogens with two attached hydrogens (primary N) is 1. The maximum Gasteiger partial charge on any atom is 0.0931 e. The monoisotopic (exact) mass is 275 g/mol. The van der Waals surface area contributed by atoms with Gasteiger partial charge in [-0.3, -0.25) is 4.90 Å². The van der Waals surface area contributed by atoms with E-state index in [9.17, 15) is 0 Å². The fourth-order valence-electron chi connectivity index (χ4n) is 1.62. The van der Waals surface area contributed by atoms with Crippen molar-refractivity contribution in [1.82, 2.24) is 10.2 Å². The lowest BCUT2D eigenvalue weighted by molar-refractivity contribution is 0.180. The summed E-state index contributed by atoms with van der Waals surface area (Å²) < 4.78 is 1.13. The minimum Gasteiger partial charge on any atom is -0.314 e. The van der Waals surface area contributed by atoms with Crippen LogP contribution >= 0.6 is 27.3 Å². The van der Waals surface area contributed by atoms with E-state index >= 15 is 0 Å². The van der Waals surface area contributed by atoms with Gasteiger partial charge in [0.1, 0.15) is 0 Å². The Morgan fingerprint density at radius 1 is 1.50 bits per heavy atom. The number of nitrogens with zero attached hydrogens (tertiary/aromatic N) is 1. The molecular formula is C9H14BrN3S. The topological polar surface area (TPSA) is 41.3 Å². The second-order valence-corrected chi connectivity index (χ2v) is 5.26. The van der Waals surface area contributed by atoms with Gasteiger partial charge in [-0.2, -0.15) is 0 Å². The molecule has 2 rings (SSSR count). The Morgan fingerprint density at radius 3 is 2.79 bits per heavy atom. The molecule has 1 aromatic rings. The molecule has 0 radical (unpaired) electrons. The lowest BCUT2D eigenvalue weighted by Gasteiger charge is -2.31. The van der Waals surface area contributed by atoms with Crippen LogP contribution in [-0.4, -0.2) is 31.1 Å². The van der Waals surface area contributed by atoms with Gasteiger partial charge >= 0.3 is 0 Å². The fourth-order valence-corrected chi connectivity index (χ4v) is 3.10. The van der Waals surface area contributed by atoms with Gasteiger partial charge in [0.05, 0.1) is 6.17 Å². The number of hydrogen-bond donors (Lipinski definition) is 2. The average molecular weight is 276 g/mol. The zero-order valence-corrected chi connectivity index (χ0v) is 10.3. The van der Waals surface area contributed by atoms with Crippen LogP contribution < -0.4 is 11.1 Å². The minimum absolute atomic E-state index is 0.0633. The number of piperazine rings is 1. The molecule has 0 amide bonds. The van der Waals surface area contributed by atoms with Gasteiger partial charge in [-0.1, -0.05) is 0 Å². The van der Waals surface area contributed by atoms with Gasteiger partial charge in [0, 0.05) is 40.9 Å². The highest BCUT2D eigenvalue weighted by Crippen LogP contribution is 2.26. The van der Waals surface area contributed by atoms with Crippen LogP contribution in [0.1, 0.15) is 11.0 Å². The van der Waals surface area contributed by atoms with Gasteiger partial charge in [-0.25, -0.2) is 0 Å². The first-order chi connectivity index (χ1) is 6.77. The predicted molar refractivity (Wildman–Crippen MR) is 63.4 cm³/mol. The Morgan fingerprint density at radius 2 is 2.21 bits per heavy atom. The molecule has 78 valence electrons. The van der Waals surface area contributed by atoms with E-state index in [2.05, 4.69) is 37.6 Å². The third kappa shape index (κ3) is 2.35.